The first-order valence-corrected chi connectivity index (χ1v) is 40.7. The van der Waals surface area contributed by atoms with Crippen molar-refractivity contribution in [3.63, 3.8) is 0 Å². The van der Waals surface area contributed by atoms with Gasteiger partial charge in [-0.2, -0.15) is 0 Å². The SMILES string of the molecule is C.C.C.C.CC[SiH]1O[Si](C)(C)O[SiH](CC)O[Si](C)(C)O1.C[Si](C)(C)C[Si](C)(C)O[Si](C)(C)C.C[Si](C)(C)O[Si](C)(C)C.[2H][2H].[2H][2H]. The molecule has 0 aromatic heterocycles. The Bertz CT molecular complexity index is 619. The zero-order chi connectivity index (χ0) is 35.0. The predicted molar refractivity (Wildman–Crippen MR) is 224 cm³/mol. The van der Waals surface area contributed by atoms with Crippen molar-refractivity contribution in [2.75, 3.05) is 0 Å². The molecule has 0 aliphatic carbocycles. The standard InChI is InChI=1S/C9H26OSi3.C8H24O4Si4.C6H18OSi2.4CH4.2H2/c1-11(2,3)9-13(7,8)10-12(4,5)6;1-7-13-9-15(3,4)11-14(8-2)12-16(5,6)10-13;1-8(2,3)7-9(4,5)6;;;;;;/h9H2,1-8H3;13-14H,7-8H2,1-6H3;1-6H3;4*1H4;2*1H/i;;;;;;;2*1+1D. The van der Waals surface area contributed by atoms with E-state index in [1.54, 1.807) is 0 Å². The van der Waals surface area contributed by atoms with Crippen LogP contribution in [0.1, 0.15) is 49.5 Å². The van der Waals surface area contributed by atoms with Crippen LogP contribution in [0, 0.1) is 0 Å². The van der Waals surface area contributed by atoms with E-state index in [-0.39, 0.29) is 29.7 Å². The summed E-state index contributed by atoms with van der Waals surface area (Å²) in [6.45, 7) is 45.1. The second kappa shape index (κ2) is 21.6. The van der Waals surface area contributed by atoms with Crippen molar-refractivity contribution in [3.8, 4) is 0 Å². The van der Waals surface area contributed by atoms with Crippen molar-refractivity contribution in [2.45, 2.75) is 179 Å². The molecule has 0 saturated carbocycles. The van der Waals surface area contributed by atoms with E-state index in [0.29, 0.717) is 0 Å². The molecule has 1 saturated heterocycles. The van der Waals surface area contributed by atoms with Crippen LogP contribution in [0.15, 0.2) is 0 Å². The molecule has 15 heteroatoms. The second-order valence-corrected chi connectivity index (χ2v) is 53.1. The Hall–Kier alpha value is 1.71. The molecule has 1 aliphatic rings. The first-order valence-electron chi connectivity index (χ1n) is 16.5. The predicted octanol–water partition coefficient (Wildman–Crippen LogP) is 11.6. The van der Waals surface area contributed by atoms with Gasteiger partial charge in [0.15, 0.2) is 33.3 Å². The molecule has 1 heterocycles. The van der Waals surface area contributed by atoms with Gasteiger partial charge in [0, 0.05) is 14.0 Å². The van der Waals surface area contributed by atoms with Crippen LogP contribution < -0.4 is 0 Å². The summed E-state index contributed by atoms with van der Waals surface area (Å²) in [4.78, 5) is 0. The Balaban J connectivity index is -0.0000000734. The fraction of sp³-hybridized carbons (Fsp3) is 1.00. The number of hydrogen-bond donors (Lipinski definition) is 0. The van der Waals surface area contributed by atoms with E-state index in [9.17, 15) is 0 Å². The van der Waals surface area contributed by atoms with Crippen LogP contribution >= 0.6 is 0 Å². The summed E-state index contributed by atoms with van der Waals surface area (Å²) >= 11 is 0. The first kappa shape index (κ1) is 50.6. The Morgan fingerprint density at radius 1 is 0.524 bits per heavy atom. The normalized spacial score (nSPS) is 21.0. The lowest BCUT2D eigenvalue weighted by atomic mass is 11.0. The Morgan fingerprint density at radius 2 is 0.762 bits per heavy atom. The minimum Gasteiger partial charge on any atom is -0.456 e. The Morgan fingerprint density at radius 3 is 0.905 bits per heavy atom. The van der Waals surface area contributed by atoms with E-state index in [2.05, 4.69) is 132 Å². The topological polar surface area (TPSA) is 55.4 Å². The largest absolute Gasteiger partial charge is 0.456 e. The van der Waals surface area contributed by atoms with Crippen LogP contribution in [0.3, 0.4) is 0 Å². The molecule has 1 fully saturated rings. The maximum atomic E-state index is 6.31. The zero-order valence-electron chi connectivity index (χ0n) is 33.2. The highest BCUT2D eigenvalue weighted by Crippen LogP contribution is 2.25. The molecule has 0 N–H and O–H groups in total. The molecule has 0 aromatic carbocycles. The molecule has 6 nitrogen and oxygen atoms in total. The summed E-state index contributed by atoms with van der Waals surface area (Å²) in [7, 11) is -13.2. The third kappa shape index (κ3) is 36.2. The summed E-state index contributed by atoms with van der Waals surface area (Å²) in [5.41, 5.74) is 1.39. The molecule has 1 aliphatic heterocycles. The zero-order valence-corrected chi connectivity index (χ0v) is 38.5. The Labute approximate surface area is 285 Å². The monoisotopic (exact) mass is 764 g/mol. The van der Waals surface area contributed by atoms with Gasteiger partial charge in [0.05, 0.1) is 0 Å². The maximum Gasteiger partial charge on any atom is 0.313 e. The smallest absolute Gasteiger partial charge is 0.313 e. The highest BCUT2D eigenvalue weighted by Gasteiger charge is 2.42. The van der Waals surface area contributed by atoms with Crippen molar-refractivity contribution >= 4 is 77.0 Å². The van der Waals surface area contributed by atoms with Gasteiger partial charge in [-0.1, -0.05) is 63.2 Å². The molecule has 0 bridgehead atoms. The van der Waals surface area contributed by atoms with E-state index in [0.717, 1.165) is 12.1 Å². The summed E-state index contributed by atoms with van der Waals surface area (Å²) in [6.07, 6.45) is 0. The maximum absolute atomic E-state index is 6.31. The lowest BCUT2D eigenvalue weighted by Gasteiger charge is -2.40. The average Bonchev–Trinajstić information content (AvgIpc) is 2.68. The van der Waals surface area contributed by atoms with Crippen LogP contribution in [0.5, 0.6) is 0 Å². The quantitative estimate of drug-likeness (QED) is 0.229. The van der Waals surface area contributed by atoms with Gasteiger partial charge in [0.25, 0.3) is 0 Å². The van der Waals surface area contributed by atoms with E-state index in [1.807, 2.05) is 0 Å². The highest BCUT2D eigenvalue weighted by atomic mass is 28.5. The second-order valence-electron chi connectivity index (χ2n) is 16.0. The lowest BCUT2D eigenvalue weighted by Crippen LogP contribution is -2.56. The van der Waals surface area contributed by atoms with Crippen molar-refractivity contribution in [1.82, 2.24) is 0 Å². The van der Waals surface area contributed by atoms with Crippen LogP contribution in [0.4, 0.5) is 0 Å². The molecular weight excluding hydrogens is 673 g/mol. The molecule has 0 atom stereocenters. The first-order chi connectivity index (χ1) is 18.4. The fourth-order valence-electron chi connectivity index (χ4n) is 4.76. The van der Waals surface area contributed by atoms with Crippen LogP contribution in [-0.2, 0) is 24.7 Å². The molecule has 0 amide bonds. The third-order valence-corrected chi connectivity index (χ3v) is 36.3. The number of hydrogen-bond acceptors (Lipinski definition) is 6. The van der Waals surface area contributed by atoms with Gasteiger partial charge in [0.1, 0.15) is 0 Å². The summed E-state index contributed by atoms with van der Waals surface area (Å²) in [5, 5.41) is 0. The minimum atomic E-state index is -2.01. The van der Waals surface area contributed by atoms with E-state index >= 15 is 0 Å². The summed E-state index contributed by atoms with van der Waals surface area (Å²) < 4.78 is 56.7. The van der Waals surface area contributed by atoms with Crippen LogP contribution in [0.2, 0.25) is 136 Å². The highest BCUT2D eigenvalue weighted by molar-refractivity contribution is 6.95. The van der Waals surface area contributed by atoms with Crippen molar-refractivity contribution in [1.29, 1.82) is 0 Å². The number of rotatable bonds is 8. The Kier molecular flexibility index (Phi) is 26.0. The molecule has 0 radical (unpaired) electrons. The summed E-state index contributed by atoms with van der Waals surface area (Å²) in [5.74, 6) is 0. The van der Waals surface area contributed by atoms with Gasteiger partial charge in [-0.25, -0.2) is 0 Å². The fourth-order valence-corrected chi connectivity index (χ4v) is 45.4. The van der Waals surface area contributed by atoms with E-state index in [4.69, 9.17) is 30.6 Å². The average molecular weight is 766 g/mol. The van der Waals surface area contributed by atoms with Gasteiger partial charge >= 0.3 is 35.7 Å². The van der Waals surface area contributed by atoms with Crippen molar-refractivity contribution in [3.05, 3.63) is 0 Å². The van der Waals surface area contributed by atoms with Gasteiger partial charge in [0.2, 0.25) is 0 Å². The molecular formula is C27H88O6Si9. The molecule has 1 rings (SSSR count). The molecule has 0 aromatic rings. The lowest BCUT2D eigenvalue weighted by molar-refractivity contribution is 0.260. The van der Waals surface area contributed by atoms with E-state index < -0.39 is 77.0 Å². The van der Waals surface area contributed by atoms with Gasteiger partial charge in [-0.05, 0) is 116 Å². The molecule has 0 spiro atoms. The molecule has 0 unspecified atom stereocenters. The van der Waals surface area contributed by atoms with E-state index in [1.165, 1.54) is 5.67 Å². The minimum absolute atomic E-state index is 0. The van der Waals surface area contributed by atoms with Gasteiger partial charge in [-0.3, -0.25) is 0 Å². The third-order valence-electron chi connectivity index (χ3n) is 4.48. The van der Waals surface area contributed by atoms with Crippen molar-refractivity contribution in [2.24, 2.45) is 0 Å². The van der Waals surface area contributed by atoms with Crippen LogP contribution in [0.25, 0.3) is 0 Å². The molecule has 42 heavy (non-hydrogen) atoms. The van der Waals surface area contributed by atoms with Gasteiger partial charge in [-0.15, -0.1) is 0 Å². The molecule has 268 valence electrons. The van der Waals surface area contributed by atoms with Crippen LogP contribution in [-0.4, -0.2) is 77.0 Å². The summed E-state index contributed by atoms with van der Waals surface area (Å²) in [6, 6.07) is 1.97. The van der Waals surface area contributed by atoms with Crippen molar-refractivity contribution < 1.29 is 30.6 Å². The van der Waals surface area contributed by atoms with Gasteiger partial charge < -0.3 is 24.7 Å².